The summed E-state index contributed by atoms with van der Waals surface area (Å²) < 4.78 is 0. The third kappa shape index (κ3) is 0.857. The quantitative estimate of drug-likeness (QED) is 0.689. The molecule has 0 aromatic rings. The van der Waals surface area contributed by atoms with Crippen molar-refractivity contribution in [3.63, 3.8) is 0 Å². The summed E-state index contributed by atoms with van der Waals surface area (Å²) >= 11 is 0. The Labute approximate surface area is 131 Å². The molecule has 1 spiro atoms. The van der Waals surface area contributed by atoms with E-state index in [-0.39, 0.29) is 22.3 Å². The number of hydrogen-bond acceptors (Lipinski definition) is 3. The van der Waals surface area contributed by atoms with E-state index in [0.717, 1.165) is 31.4 Å². The van der Waals surface area contributed by atoms with E-state index in [0.29, 0.717) is 29.8 Å². The molecule has 0 aromatic heterocycles. The van der Waals surface area contributed by atoms with Gasteiger partial charge in [-0.15, -0.1) is 0 Å². The summed E-state index contributed by atoms with van der Waals surface area (Å²) in [5.41, 5.74) is 2.41. The SMILES string of the molecule is C[C@@H]1CN2CC3CCC4=C(C(=O)CC4)C4C(=O)C15CC25[C@@]34C. The van der Waals surface area contributed by atoms with Crippen molar-refractivity contribution in [2.24, 2.45) is 28.6 Å². The Balaban J connectivity index is 1.65. The summed E-state index contributed by atoms with van der Waals surface area (Å²) in [6, 6.07) is 0. The maximum Gasteiger partial charge on any atom is 0.159 e. The van der Waals surface area contributed by atoms with Crippen LogP contribution in [-0.4, -0.2) is 35.1 Å². The first-order chi connectivity index (χ1) is 10.5. The summed E-state index contributed by atoms with van der Waals surface area (Å²) in [5, 5.41) is 0. The monoisotopic (exact) mass is 297 g/mol. The van der Waals surface area contributed by atoms with Crippen LogP contribution in [0.25, 0.3) is 0 Å². The highest BCUT2D eigenvalue weighted by Gasteiger charge is 2.94. The molecule has 3 heteroatoms. The molecule has 116 valence electrons. The zero-order chi connectivity index (χ0) is 15.1. The number of carbonyl (C=O) groups excluding carboxylic acids is 2. The van der Waals surface area contributed by atoms with Crippen molar-refractivity contribution in [1.82, 2.24) is 4.90 Å². The van der Waals surface area contributed by atoms with E-state index >= 15 is 0 Å². The van der Waals surface area contributed by atoms with E-state index in [2.05, 4.69) is 18.7 Å². The van der Waals surface area contributed by atoms with Crippen molar-refractivity contribution in [1.29, 1.82) is 0 Å². The first-order valence-corrected chi connectivity index (χ1v) is 9.03. The molecule has 0 N–H and O–H groups in total. The Morgan fingerprint density at radius 3 is 2.77 bits per heavy atom. The van der Waals surface area contributed by atoms with Crippen molar-refractivity contribution in [2.75, 3.05) is 13.1 Å². The molecule has 6 atom stereocenters. The molecule has 0 amide bonds. The standard InChI is InChI=1S/C19H23NO2/c1-10-7-20-8-12-5-3-11-4-6-13(21)14(11)15-16(22)18(10)9-19(18,20)17(12,15)2/h10,12,15H,3-9H2,1-2H3/t10-,12?,15?,17+,18?,19?/m1/s1. The smallest absolute Gasteiger partial charge is 0.159 e. The zero-order valence-corrected chi connectivity index (χ0v) is 13.4. The minimum absolute atomic E-state index is 0.0337. The van der Waals surface area contributed by atoms with Gasteiger partial charge in [0.05, 0.1) is 11.3 Å². The van der Waals surface area contributed by atoms with Crippen molar-refractivity contribution in [3.05, 3.63) is 11.1 Å². The lowest BCUT2D eigenvalue weighted by atomic mass is 9.64. The number of hydrogen-bond donors (Lipinski definition) is 0. The first kappa shape index (κ1) is 12.5. The highest BCUT2D eigenvalue weighted by atomic mass is 16.1. The first-order valence-electron chi connectivity index (χ1n) is 9.03. The maximum absolute atomic E-state index is 13.6. The second kappa shape index (κ2) is 3.15. The second-order valence-corrected chi connectivity index (χ2v) is 9.07. The van der Waals surface area contributed by atoms with Crippen LogP contribution in [0.4, 0.5) is 0 Å². The predicted molar refractivity (Wildman–Crippen MR) is 81.1 cm³/mol. The molecule has 4 unspecified atom stereocenters. The molecular weight excluding hydrogens is 274 g/mol. The van der Waals surface area contributed by atoms with Gasteiger partial charge in [-0.1, -0.05) is 19.4 Å². The fourth-order valence-corrected chi connectivity index (χ4v) is 8.08. The largest absolute Gasteiger partial charge is 0.298 e. The van der Waals surface area contributed by atoms with Crippen molar-refractivity contribution in [3.8, 4) is 0 Å². The number of fused-ring (bicyclic) bond motifs is 1. The molecule has 6 rings (SSSR count). The van der Waals surface area contributed by atoms with E-state index in [1.807, 2.05) is 0 Å². The van der Waals surface area contributed by atoms with E-state index in [9.17, 15) is 9.59 Å². The Morgan fingerprint density at radius 2 is 1.95 bits per heavy atom. The molecule has 22 heavy (non-hydrogen) atoms. The van der Waals surface area contributed by atoms with E-state index in [1.54, 1.807) is 0 Å². The lowest BCUT2D eigenvalue weighted by Gasteiger charge is -2.39. The number of Topliss-reactive ketones (excluding diaryl/α,β-unsaturated/α-hetero) is 2. The predicted octanol–water partition coefficient (Wildman–Crippen LogP) is 2.36. The third-order valence-corrected chi connectivity index (χ3v) is 8.92. The summed E-state index contributed by atoms with van der Waals surface area (Å²) in [6.07, 6.45) is 4.93. The zero-order valence-electron chi connectivity index (χ0n) is 13.4. The van der Waals surface area contributed by atoms with Gasteiger partial charge < -0.3 is 0 Å². The van der Waals surface area contributed by atoms with Crippen LogP contribution in [0.3, 0.4) is 0 Å². The number of piperidine rings is 1. The van der Waals surface area contributed by atoms with Gasteiger partial charge in [-0.3, -0.25) is 14.5 Å². The lowest BCUT2D eigenvalue weighted by Crippen LogP contribution is -2.44. The molecule has 4 fully saturated rings. The van der Waals surface area contributed by atoms with Gasteiger partial charge in [0.1, 0.15) is 5.78 Å². The lowest BCUT2D eigenvalue weighted by molar-refractivity contribution is -0.130. The minimum Gasteiger partial charge on any atom is -0.298 e. The molecule has 4 aliphatic carbocycles. The van der Waals surface area contributed by atoms with E-state index in [4.69, 9.17) is 0 Å². The highest BCUT2D eigenvalue weighted by molar-refractivity contribution is 6.10. The Kier molecular flexibility index (Phi) is 1.78. The van der Waals surface area contributed by atoms with Gasteiger partial charge in [0.15, 0.2) is 5.78 Å². The molecule has 2 aliphatic heterocycles. The fourth-order valence-electron chi connectivity index (χ4n) is 8.08. The average Bonchev–Trinajstić information content (AvgIpc) is 2.88. The van der Waals surface area contributed by atoms with Crippen LogP contribution >= 0.6 is 0 Å². The van der Waals surface area contributed by atoms with Gasteiger partial charge in [-0.2, -0.15) is 0 Å². The normalized spacial score (nSPS) is 58.0. The number of rotatable bonds is 0. The van der Waals surface area contributed by atoms with Gasteiger partial charge in [0.25, 0.3) is 0 Å². The van der Waals surface area contributed by atoms with Crippen LogP contribution in [0, 0.1) is 28.6 Å². The fraction of sp³-hybridized carbons (Fsp3) is 0.789. The molecule has 2 saturated heterocycles. The Hall–Kier alpha value is -0.960. The molecule has 2 heterocycles. The van der Waals surface area contributed by atoms with Gasteiger partial charge in [-0.25, -0.2) is 0 Å². The van der Waals surface area contributed by atoms with Gasteiger partial charge in [0.2, 0.25) is 0 Å². The number of allylic oxidation sites excluding steroid dienone is 2. The average molecular weight is 297 g/mol. The van der Waals surface area contributed by atoms with Crippen molar-refractivity contribution in [2.45, 2.75) is 51.5 Å². The maximum atomic E-state index is 13.6. The molecule has 6 aliphatic rings. The van der Waals surface area contributed by atoms with Crippen molar-refractivity contribution < 1.29 is 9.59 Å². The second-order valence-electron chi connectivity index (χ2n) is 9.07. The van der Waals surface area contributed by atoms with Crippen LogP contribution in [-0.2, 0) is 9.59 Å². The number of ketones is 2. The molecular formula is C19H23NO2. The summed E-state index contributed by atoms with van der Waals surface area (Å²) in [4.78, 5) is 28.9. The van der Waals surface area contributed by atoms with Gasteiger partial charge in [0, 0.05) is 36.0 Å². The molecule has 0 radical (unpaired) electrons. The Bertz CT molecular complexity index is 708. The van der Waals surface area contributed by atoms with Crippen LogP contribution in [0.1, 0.15) is 46.0 Å². The number of nitrogens with zero attached hydrogens (tertiary/aromatic N) is 1. The third-order valence-electron chi connectivity index (χ3n) is 8.92. The minimum atomic E-state index is -0.0977. The molecule has 0 bridgehead atoms. The van der Waals surface area contributed by atoms with E-state index < -0.39 is 0 Å². The van der Waals surface area contributed by atoms with Crippen LogP contribution < -0.4 is 0 Å². The molecule has 3 nitrogen and oxygen atoms in total. The summed E-state index contributed by atoms with van der Waals surface area (Å²) in [5.74, 6) is 1.78. The molecule has 0 aromatic carbocycles. The van der Waals surface area contributed by atoms with Crippen LogP contribution in [0.2, 0.25) is 0 Å². The van der Waals surface area contributed by atoms with E-state index in [1.165, 1.54) is 18.5 Å². The van der Waals surface area contributed by atoms with Gasteiger partial charge >= 0.3 is 0 Å². The summed E-state index contributed by atoms with van der Waals surface area (Å²) in [6.45, 7) is 6.93. The van der Waals surface area contributed by atoms with Gasteiger partial charge in [-0.05, 0) is 37.5 Å². The highest BCUT2D eigenvalue weighted by Crippen LogP contribution is 2.87. The van der Waals surface area contributed by atoms with Crippen molar-refractivity contribution >= 4 is 11.6 Å². The summed E-state index contributed by atoms with van der Waals surface area (Å²) in [7, 11) is 0. The van der Waals surface area contributed by atoms with Crippen LogP contribution in [0.15, 0.2) is 11.1 Å². The Morgan fingerprint density at radius 1 is 1.14 bits per heavy atom. The molecule has 2 saturated carbocycles. The topological polar surface area (TPSA) is 37.4 Å². The van der Waals surface area contributed by atoms with Crippen LogP contribution in [0.5, 0.6) is 0 Å². The number of carbonyl (C=O) groups is 2.